The maximum atomic E-state index is 12.0. The molecule has 100 valence electrons. The number of hydrogen-bond donors (Lipinski definition) is 1. The molecule has 3 fully saturated rings. The first-order chi connectivity index (χ1) is 8.64. The van der Waals surface area contributed by atoms with E-state index in [9.17, 15) is 14.7 Å². The Kier molecular flexibility index (Phi) is 2.93. The summed E-state index contributed by atoms with van der Waals surface area (Å²) in [5, 5.41) is 10.9. The van der Waals surface area contributed by atoms with Gasteiger partial charge in [-0.1, -0.05) is 25.7 Å². The number of carbonyl (C=O) groups excluding carboxylic acids is 2. The summed E-state index contributed by atoms with van der Waals surface area (Å²) in [5.41, 5.74) is -1.53. The molecule has 1 N–H and O–H groups in total. The molecule has 0 aromatic carbocycles. The zero-order valence-electron chi connectivity index (χ0n) is 10.6. The van der Waals surface area contributed by atoms with E-state index in [1.54, 1.807) is 0 Å². The molecular formula is C14H20O4. The predicted octanol–water partition coefficient (Wildman–Crippen LogP) is 1.80. The van der Waals surface area contributed by atoms with Crippen molar-refractivity contribution in [3.63, 3.8) is 0 Å². The minimum absolute atomic E-state index is 0.0814. The monoisotopic (exact) mass is 252 g/mol. The van der Waals surface area contributed by atoms with Gasteiger partial charge in [-0.05, 0) is 37.5 Å². The molecule has 0 aromatic heterocycles. The van der Waals surface area contributed by atoms with E-state index in [4.69, 9.17) is 4.74 Å². The first kappa shape index (κ1) is 12.2. The fourth-order valence-corrected chi connectivity index (χ4v) is 4.17. The van der Waals surface area contributed by atoms with E-state index in [1.807, 2.05) is 0 Å². The maximum Gasteiger partial charge on any atom is 0.346 e. The van der Waals surface area contributed by atoms with Gasteiger partial charge in [0, 0.05) is 0 Å². The summed E-state index contributed by atoms with van der Waals surface area (Å²) in [4.78, 5) is 23.9. The standard InChI is InChI=1S/C14H20O4/c15-12-11(9-5-1-2-6-9)14(17,13(16)18-12)10-7-3-4-8-10/h9-11,17H,1-8H2. The van der Waals surface area contributed by atoms with Gasteiger partial charge >= 0.3 is 11.9 Å². The third kappa shape index (κ3) is 1.62. The molecule has 1 saturated heterocycles. The van der Waals surface area contributed by atoms with Gasteiger partial charge in [-0.3, -0.25) is 4.79 Å². The van der Waals surface area contributed by atoms with E-state index in [-0.39, 0.29) is 11.8 Å². The van der Waals surface area contributed by atoms with Crippen LogP contribution in [0.25, 0.3) is 0 Å². The number of carbonyl (C=O) groups is 2. The van der Waals surface area contributed by atoms with Crippen LogP contribution in [0.3, 0.4) is 0 Å². The molecule has 3 rings (SSSR count). The first-order valence-electron chi connectivity index (χ1n) is 7.12. The minimum atomic E-state index is -1.53. The lowest BCUT2D eigenvalue weighted by Crippen LogP contribution is -2.50. The molecule has 0 bridgehead atoms. The zero-order chi connectivity index (χ0) is 12.8. The minimum Gasteiger partial charge on any atom is -0.391 e. The average Bonchev–Trinajstić information content (AvgIpc) is 3.03. The van der Waals surface area contributed by atoms with Gasteiger partial charge in [-0.25, -0.2) is 4.79 Å². The Morgan fingerprint density at radius 3 is 2.17 bits per heavy atom. The van der Waals surface area contributed by atoms with E-state index in [0.29, 0.717) is 0 Å². The fraction of sp³-hybridized carbons (Fsp3) is 0.857. The number of rotatable bonds is 2. The molecule has 2 aliphatic carbocycles. The van der Waals surface area contributed by atoms with Crippen molar-refractivity contribution in [3.8, 4) is 0 Å². The summed E-state index contributed by atoms with van der Waals surface area (Å²) >= 11 is 0. The van der Waals surface area contributed by atoms with Crippen LogP contribution in [0, 0.1) is 17.8 Å². The molecule has 1 heterocycles. The summed E-state index contributed by atoms with van der Waals surface area (Å²) in [5.74, 6) is -1.72. The van der Waals surface area contributed by atoms with E-state index in [2.05, 4.69) is 0 Å². The summed E-state index contributed by atoms with van der Waals surface area (Å²) in [6, 6.07) is 0. The summed E-state index contributed by atoms with van der Waals surface area (Å²) in [6.45, 7) is 0. The second-order valence-electron chi connectivity index (χ2n) is 6.04. The highest BCUT2D eigenvalue weighted by atomic mass is 16.6. The molecule has 0 aromatic rings. The van der Waals surface area contributed by atoms with Crippen LogP contribution in [-0.2, 0) is 14.3 Å². The highest BCUT2D eigenvalue weighted by molar-refractivity contribution is 6.01. The van der Waals surface area contributed by atoms with Gasteiger partial charge in [-0.2, -0.15) is 0 Å². The van der Waals surface area contributed by atoms with Crippen molar-refractivity contribution in [1.29, 1.82) is 0 Å². The van der Waals surface area contributed by atoms with Crippen LogP contribution in [0.2, 0.25) is 0 Å². The number of aliphatic hydroxyl groups is 1. The zero-order valence-corrected chi connectivity index (χ0v) is 10.6. The lowest BCUT2D eigenvalue weighted by molar-refractivity contribution is -0.162. The van der Waals surface area contributed by atoms with Crippen LogP contribution < -0.4 is 0 Å². The Morgan fingerprint density at radius 1 is 1.00 bits per heavy atom. The van der Waals surface area contributed by atoms with Gasteiger partial charge in [-0.15, -0.1) is 0 Å². The van der Waals surface area contributed by atoms with Crippen LogP contribution in [0.5, 0.6) is 0 Å². The molecule has 4 heteroatoms. The van der Waals surface area contributed by atoms with E-state index in [0.717, 1.165) is 51.4 Å². The smallest absolute Gasteiger partial charge is 0.346 e. The van der Waals surface area contributed by atoms with Gasteiger partial charge in [0.15, 0.2) is 5.60 Å². The van der Waals surface area contributed by atoms with Crippen LogP contribution in [0.4, 0.5) is 0 Å². The van der Waals surface area contributed by atoms with Gasteiger partial charge in [0.2, 0.25) is 0 Å². The van der Waals surface area contributed by atoms with Crippen molar-refractivity contribution in [2.24, 2.45) is 17.8 Å². The number of cyclic esters (lactones) is 2. The largest absolute Gasteiger partial charge is 0.391 e. The Balaban J connectivity index is 1.92. The van der Waals surface area contributed by atoms with Crippen LogP contribution in [0.15, 0.2) is 0 Å². The number of ether oxygens (including phenoxy) is 1. The second-order valence-corrected chi connectivity index (χ2v) is 6.04. The topological polar surface area (TPSA) is 63.6 Å². The molecule has 0 radical (unpaired) electrons. The van der Waals surface area contributed by atoms with Crippen molar-refractivity contribution in [1.82, 2.24) is 0 Å². The van der Waals surface area contributed by atoms with E-state index < -0.39 is 23.5 Å². The van der Waals surface area contributed by atoms with Crippen LogP contribution in [0.1, 0.15) is 51.4 Å². The van der Waals surface area contributed by atoms with Gasteiger partial charge in [0.25, 0.3) is 0 Å². The van der Waals surface area contributed by atoms with Crippen molar-refractivity contribution >= 4 is 11.9 Å². The van der Waals surface area contributed by atoms with Crippen molar-refractivity contribution in [2.45, 2.75) is 57.0 Å². The van der Waals surface area contributed by atoms with Gasteiger partial charge < -0.3 is 9.84 Å². The van der Waals surface area contributed by atoms with Crippen molar-refractivity contribution in [3.05, 3.63) is 0 Å². The SMILES string of the molecule is O=C1OC(=O)C(O)(C2CCCC2)C1C1CCCC1. The summed E-state index contributed by atoms with van der Waals surface area (Å²) < 4.78 is 4.79. The van der Waals surface area contributed by atoms with Crippen LogP contribution in [-0.4, -0.2) is 22.6 Å². The number of esters is 2. The lowest BCUT2D eigenvalue weighted by Gasteiger charge is -2.32. The lowest BCUT2D eigenvalue weighted by atomic mass is 9.71. The molecule has 3 aliphatic rings. The first-order valence-corrected chi connectivity index (χ1v) is 7.12. The fourth-order valence-electron chi connectivity index (χ4n) is 4.17. The third-order valence-corrected chi connectivity index (χ3v) is 5.10. The molecule has 0 spiro atoms. The average molecular weight is 252 g/mol. The molecule has 2 unspecified atom stereocenters. The van der Waals surface area contributed by atoms with Gasteiger partial charge in [0.1, 0.15) is 5.92 Å². The predicted molar refractivity (Wildman–Crippen MR) is 63.5 cm³/mol. The molecule has 0 amide bonds. The highest BCUT2D eigenvalue weighted by Gasteiger charge is 2.63. The highest BCUT2D eigenvalue weighted by Crippen LogP contribution is 2.49. The molecule has 2 saturated carbocycles. The quantitative estimate of drug-likeness (QED) is 0.601. The number of hydrogen-bond acceptors (Lipinski definition) is 4. The normalized spacial score (nSPS) is 38.6. The maximum absolute atomic E-state index is 12.0. The van der Waals surface area contributed by atoms with Crippen molar-refractivity contribution in [2.75, 3.05) is 0 Å². The van der Waals surface area contributed by atoms with E-state index in [1.165, 1.54) is 0 Å². The molecule has 4 nitrogen and oxygen atoms in total. The van der Waals surface area contributed by atoms with Crippen LogP contribution >= 0.6 is 0 Å². The Labute approximate surface area is 107 Å². The second kappa shape index (κ2) is 4.34. The Bertz CT molecular complexity index is 366. The van der Waals surface area contributed by atoms with Crippen molar-refractivity contribution < 1.29 is 19.4 Å². The Morgan fingerprint density at radius 2 is 1.56 bits per heavy atom. The Hall–Kier alpha value is -0.900. The molecular weight excluding hydrogens is 232 g/mol. The third-order valence-electron chi connectivity index (χ3n) is 5.10. The molecule has 2 atom stereocenters. The van der Waals surface area contributed by atoms with E-state index >= 15 is 0 Å². The molecule has 1 aliphatic heterocycles. The van der Waals surface area contributed by atoms with Gasteiger partial charge in [0.05, 0.1) is 0 Å². The summed E-state index contributed by atoms with van der Waals surface area (Å²) in [6.07, 6.45) is 7.78. The molecule has 18 heavy (non-hydrogen) atoms. The summed E-state index contributed by atoms with van der Waals surface area (Å²) in [7, 11) is 0.